The molecule has 0 N–H and O–H groups in total. The zero-order valence-corrected chi connectivity index (χ0v) is 13.7. The van der Waals surface area contributed by atoms with Crippen molar-refractivity contribution in [1.82, 2.24) is 14.8 Å². The van der Waals surface area contributed by atoms with E-state index in [0.717, 1.165) is 12.1 Å². The number of pyridine rings is 1. The Morgan fingerprint density at radius 2 is 1.77 bits per heavy atom. The number of carbonyl (C=O) groups is 2. The highest BCUT2D eigenvalue weighted by molar-refractivity contribution is 5.83. The molecule has 0 radical (unpaired) electrons. The predicted molar refractivity (Wildman–Crippen MR) is 85.2 cm³/mol. The van der Waals surface area contributed by atoms with Gasteiger partial charge in [0, 0.05) is 43.5 Å². The third kappa shape index (κ3) is 3.84. The minimum absolute atomic E-state index is 0.0838. The minimum Gasteiger partial charge on any atom is -0.339 e. The highest BCUT2D eigenvalue weighted by Gasteiger charge is 2.32. The van der Waals surface area contributed by atoms with Crippen LogP contribution in [0.25, 0.3) is 0 Å². The summed E-state index contributed by atoms with van der Waals surface area (Å²) in [4.78, 5) is 32.6. The Kier molecular flexibility index (Phi) is 5.16. The number of aromatic nitrogens is 1. The first-order valence-corrected chi connectivity index (χ1v) is 7.91. The molecule has 0 spiro atoms. The molecule has 0 aliphatic carbocycles. The van der Waals surface area contributed by atoms with Crippen molar-refractivity contribution in [3.05, 3.63) is 30.1 Å². The second-order valence-corrected chi connectivity index (χ2v) is 6.41. The topological polar surface area (TPSA) is 53.5 Å². The molecule has 1 saturated heterocycles. The third-order valence-corrected chi connectivity index (χ3v) is 4.44. The molecule has 1 aromatic rings. The molecule has 1 aliphatic rings. The fraction of sp³-hybridized carbons (Fsp3) is 0.588. The van der Waals surface area contributed by atoms with Gasteiger partial charge in [0.25, 0.3) is 0 Å². The summed E-state index contributed by atoms with van der Waals surface area (Å²) in [5.74, 6) is 0.271. The molecule has 0 atom stereocenters. The molecule has 1 aliphatic heterocycles. The number of rotatable bonds is 4. The number of amides is 2. The van der Waals surface area contributed by atoms with Crippen LogP contribution < -0.4 is 0 Å². The lowest BCUT2D eigenvalue weighted by molar-refractivity contribution is -0.145. The van der Waals surface area contributed by atoms with Crippen LogP contribution in [0.15, 0.2) is 24.4 Å². The van der Waals surface area contributed by atoms with Crippen LogP contribution in [-0.2, 0) is 16.0 Å². The number of nitrogens with zero attached hydrogens (tertiary/aromatic N) is 3. The van der Waals surface area contributed by atoms with E-state index in [4.69, 9.17) is 0 Å². The van der Waals surface area contributed by atoms with Crippen molar-refractivity contribution in [2.24, 2.45) is 5.41 Å². The average molecular weight is 303 g/mol. The van der Waals surface area contributed by atoms with Crippen molar-refractivity contribution in [2.75, 3.05) is 26.2 Å². The van der Waals surface area contributed by atoms with Gasteiger partial charge in [-0.25, -0.2) is 0 Å². The molecule has 0 unspecified atom stereocenters. The highest BCUT2D eigenvalue weighted by Crippen LogP contribution is 2.23. The first-order valence-electron chi connectivity index (χ1n) is 7.91. The molecule has 120 valence electrons. The van der Waals surface area contributed by atoms with E-state index in [9.17, 15) is 9.59 Å². The van der Waals surface area contributed by atoms with Crippen LogP contribution in [0.2, 0.25) is 0 Å². The maximum Gasteiger partial charge on any atom is 0.228 e. The van der Waals surface area contributed by atoms with Gasteiger partial charge in [0.2, 0.25) is 11.8 Å². The summed E-state index contributed by atoms with van der Waals surface area (Å²) in [6.45, 7) is 8.45. The summed E-state index contributed by atoms with van der Waals surface area (Å²) >= 11 is 0. The number of carbonyl (C=O) groups excluding carboxylic acids is 2. The van der Waals surface area contributed by atoms with Crippen molar-refractivity contribution in [2.45, 2.75) is 33.6 Å². The van der Waals surface area contributed by atoms with Gasteiger partial charge in [0.1, 0.15) is 0 Å². The molecule has 0 bridgehead atoms. The van der Waals surface area contributed by atoms with Crippen molar-refractivity contribution in [3.8, 4) is 0 Å². The predicted octanol–water partition coefficient (Wildman–Crippen LogP) is 1.73. The second-order valence-electron chi connectivity index (χ2n) is 6.41. The molecule has 1 fully saturated rings. The van der Waals surface area contributed by atoms with Gasteiger partial charge in [0.15, 0.2) is 0 Å². The van der Waals surface area contributed by atoms with Gasteiger partial charge < -0.3 is 9.80 Å². The molecule has 22 heavy (non-hydrogen) atoms. The van der Waals surface area contributed by atoms with Gasteiger partial charge in [-0.15, -0.1) is 0 Å². The van der Waals surface area contributed by atoms with E-state index < -0.39 is 0 Å². The van der Waals surface area contributed by atoms with E-state index >= 15 is 0 Å². The van der Waals surface area contributed by atoms with E-state index in [2.05, 4.69) is 4.98 Å². The molecule has 2 rings (SSSR count). The molecule has 0 aromatic carbocycles. The Bertz CT molecular complexity index is 520. The molecule has 5 nitrogen and oxygen atoms in total. The maximum atomic E-state index is 12.4. The molecular weight excluding hydrogens is 278 g/mol. The van der Waals surface area contributed by atoms with Crippen molar-refractivity contribution >= 4 is 11.8 Å². The summed E-state index contributed by atoms with van der Waals surface area (Å²) < 4.78 is 0. The van der Waals surface area contributed by atoms with Crippen LogP contribution in [0.4, 0.5) is 0 Å². The quantitative estimate of drug-likeness (QED) is 0.851. The van der Waals surface area contributed by atoms with Crippen LogP contribution in [0.5, 0.6) is 0 Å². The highest BCUT2D eigenvalue weighted by atomic mass is 16.2. The standard InChI is InChI=1S/C17H25N3O2/c1-4-17(2,3)16(22)20-11-9-19(10-12-20)15(21)13-14-7-5-6-8-18-14/h5-8H,4,9-13H2,1-3H3. The largest absolute Gasteiger partial charge is 0.339 e. The van der Waals surface area contributed by atoms with Gasteiger partial charge in [0.05, 0.1) is 6.42 Å². The Labute approximate surface area is 132 Å². The third-order valence-electron chi connectivity index (χ3n) is 4.44. The fourth-order valence-corrected chi connectivity index (χ4v) is 2.51. The van der Waals surface area contributed by atoms with Crippen molar-refractivity contribution in [1.29, 1.82) is 0 Å². The van der Waals surface area contributed by atoms with Crippen LogP contribution >= 0.6 is 0 Å². The normalized spacial score (nSPS) is 15.8. The lowest BCUT2D eigenvalue weighted by Gasteiger charge is -2.38. The zero-order chi connectivity index (χ0) is 16.2. The van der Waals surface area contributed by atoms with E-state index in [1.165, 1.54) is 0 Å². The molecule has 0 saturated carbocycles. The molecule has 2 heterocycles. The second kappa shape index (κ2) is 6.90. The Morgan fingerprint density at radius 1 is 1.14 bits per heavy atom. The molecule has 5 heteroatoms. The number of hydrogen-bond acceptors (Lipinski definition) is 3. The average Bonchev–Trinajstić information content (AvgIpc) is 2.55. The number of piperazine rings is 1. The summed E-state index contributed by atoms with van der Waals surface area (Å²) in [7, 11) is 0. The van der Waals surface area contributed by atoms with Crippen molar-refractivity contribution in [3.63, 3.8) is 0 Å². The SMILES string of the molecule is CCC(C)(C)C(=O)N1CCN(C(=O)Cc2ccccn2)CC1. The minimum atomic E-state index is -0.319. The van der Waals surface area contributed by atoms with Gasteiger partial charge >= 0.3 is 0 Å². The van der Waals surface area contributed by atoms with Crippen LogP contribution in [0.3, 0.4) is 0 Å². The van der Waals surface area contributed by atoms with Crippen LogP contribution in [0, 0.1) is 5.41 Å². The van der Waals surface area contributed by atoms with Crippen LogP contribution in [0.1, 0.15) is 32.9 Å². The van der Waals surface area contributed by atoms with E-state index in [1.54, 1.807) is 6.20 Å². The van der Waals surface area contributed by atoms with Crippen molar-refractivity contribution < 1.29 is 9.59 Å². The van der Waals surface area contributed by atoms with Gasteiger partial charge in [-0.2, -0.15) is 0 Å². The summed E-state index contributed by atoms with van der Waals surface area (Å²) in [6, 6.07) is 5.59. The monoisotopic (exact) mass is 303 g/mol. The first-order chi connectivity index (χ1) is 10.4. The zero-order valence-electron chi connectivity index (χ0n) is 13.7. The summed E-state index contributed by atoms with van der Waals surface area (Å²) in [5, 5.41) is 0. The molecule has 1 aromatic heterocycles. The summed E-state index contributed by atoms with van der Waals surface area (Å²) in [6.07, 6.45) is 2.85. The lowest BCUT2D eigenvalue weighted by Crippen LogP contribution is -2.53. The summed E-state index contributed by atoms with van der Waals surface area (Å²) in [5.41, 5.74) is 0.471. The van der Waals surface area contributed by atoms with E-state index in [0.29, 0.717) is 32.6 Å². The lowest BCUT2D eigenvalue weighted by atomic mass is 9.88. The van der Waals surface area contributed by atoms with Gasteiger partial charge in [-0.05, 0) is 18.6 Å². The Morgan fingerprint density at radius 3 is 2.32 bits per heavy atom. The van der Waals surface area contributed by atoms with E-state index in [1.807, 2.05) is 48.8 Å². The van der Waals surface area contributed by atoms with E-state index in [-0.39, 0.29) is 17.2 Å². The first kappa shape index (κ1) is 16.5. The number of hydrogen-bond donors (Lipinski definition) is 0. The molecule has 2 amide bonds. The molecular formula is C17H25N3O2. The smallest absolute Gasteiger partial charge is 0.228 e. The Hall–Kier alpha value is -1.91. The van der Waals surface area contributed by atoms with Gasteiger partial charge in [-0.3, -0.25) is 14.6 Å². The van der Waals surface area contributed by atoms with Crippen LogP contribution in [-0.4, -0.2) is 52.8 Å². The maximum absolute atomic E-state index is 12.4. The fourth-order valence-electron chi connectivity index (χ4n) is 2.51. The van der Waals surface area contributed by atoms with Gasteiger partial charge in [-0.1, -0.05) is 26.8 Å². The Balaban J connectivity index is 1.87.